The summed E-state index contributed by atoms with van der Waals surface area (Å²) in [7, 11) is 0. The fourth-order valence-corrected chi connectivity index (χ4v) is 2.35. The molecular weight excluding hydrogens is 279 g/mol. The molecule has 92 valence electrons. The highest BCUT2D eigenvalue weighted by Gasteiger charge is 2.16. The van der Waals surface area contributed by atoms with Crippen molar-refractivity contribution in [1.29, 1.82) is 0 Å². The molecule has 0 unspecified atom stereocenters. The van der Waals surface area contributed by atoms with Gasteiger partial charge in [-0.25, -0.2) is 0 Å². The van der Waals surface area contributed by atoms with Gasteiger partial charge in [-0.1, -0.05) is 34.9 Å². The summed E-state index contributed by atoms with van der Waals surface area (Å²) < 4.78 is 1.06. The zero-order valence-electron chi connectivity index (χ0n) is 10.3. The van der Waals surface area contributed by atoms with E-state index in [2.05, 4.69) is 28.1 Å². The fraction of sp³-hybridized carbons (Fsp3) is 0.462. The second kappa shape index (κ2) is 6.97. The molecule has 0 spiro atoms. The van der Waals surface area contributed by atoms with Gasteiger partial charge in [-0.2, -0.15) is 0 Å². The van der Waals surface area contributed by atoms with Gasteiger partial charge >= 0.3 is 0 Å². The average molecular weight is 297 g/mol. The minimum absolute atomic E-state index is 0.188. The Labute approximate surface area is 112 Å². The Balaban J connectivity index is 2.64. The number of hydrogen-bond acceptors (Lipinski definition) is 2. The van der Waals surface area contributed by atoms with Gasteiger partial charge in [-0.05, 0) is 43.3 Å². The molecule has 17 heavy (non-hydrogen) atoms. The third kappa shape index (κ3) is 6.03. The fourth-order valence-electron chi connectivity index (χ4n) is 2.08. The molecule has 0 radical (unpaired) electrons. The summed E-state index contributed by atoms with van der Waals surface area (Å²) >= 11 is 3.40. The molecule has 0 aliphatic rings. The number of ketones is 1. The molecule has 0 heterocycles. The van der Waals surface area contributed by atoms with Crippen LogP contribution in [0.15, 0.2) is 28.7 Å². The van der Waals surface area contributed by atoms with Crippen molar-refractivity contribution in [2.75, 3.05) is 0 Å². The molecule has 0 saturated carbocycles. The van der Waals surface area contributed by atoms with Gasteiger partial charge in [0, 0.05) is 10.9 Å². The Morgan fingerprint density at radius 1 is 1.41 bits per heavy atom. The number of halogens is 1. The van der Waals surface area contributed by atoms with Crippen LogP contribution in [-0.4, -0.2) is 17.7 Å². The van der Waals surface area contributed by atoms with Crippen molar-refractivity contribution in [2.45, 2.75) is 32.9 Å². The summed E-state index contributed by atoms with van der Waals surface area (Å²) in [6.45, 7) is 3.03. The van der Waals surface area contributed by atoms with Gasteiger partial charge in [0.05, 0.1) is 0 Å². The summed E-state index contributed by atoms with van der Waals surface area (Å²) in [6.07, 6.45) is 2.06. The number of hydrogen-bond donors (Lipinski definition) is 1. The van der Waals surface area contributed by atoms with Crippen molar-refractivity contribution in [3.63, 3.8) is 0 Å². The van der Waals surface area contributed by atoms with Gasteiger partial charge < -0.3 is 9.82 Å². The summed E-state index contributed by atoms with van der Waals surface area (Å²) in [5.74, 6) is 0.418. The number of rotatable bonds is 6. The molecule has 0 bridgehead atoms. The topological polar surface area (TPSA) is 37.3 Å². The second-order valence-electron chi connectivity index (χ2n) is 4.69. The van der Waals surface area contributed by atoms with Gasteiger partial charge in [0.15, 0.2) is 0 Å². The van der Waals surface area contributed by atoms with E-state index in [-0.39, 0.29) is 18.6 Å². The van der Waals surface area contributed by atoms with Crippen LogP contribution in [0.1, 0.15) is 18.9 Å². The maximum absolute atomic E-state index is 11.2. The van der Waals surface area contributed by atoms with Crippen molar-refractivity contribution >= 4 is 28.6 Å². The predicted octanol–water partition coefficient (Wildman–Crippen LogP) is 3.20. The molecule has 0 amide bonds. The van der Waals surface area contributed by atoms with Gasteiger partial charge in [0.1, 0.15) is 5.78 Å². The van der Waals surface area contributed by atoms with Crippen molar-refractivity contribution in [2.24, 2.45) is 5.92 Å². The lowest BCUT2D eigenvalue weighted by atomic mass is 9.62. The normalized spacial score (nSPS) is 12.2. The van der Waals surface area contributed by atoms with Crippen molar-refractivity contribution in [3.8, 4) is 0 Å². The molecule has 1 atom stereocenters. The molecule has 0 fully saturated rings. The van der Waals surface area contributed by atoms with E-state index in [0.717, 1.165) is 10.9 Å². The Morgan fingerprint density at radius 3 is 2.47 bits per heavy atom. The lowest BCUT2D eigenvalue weighted by Crippen LogP contribution is -2.17. The van der Waals surface area contributed by atoms with Crippen LogP contribution in [0.5, 0.6) is 0 Å². The summed E-state index contributed by atoms with van der Waals surface area (Å²) in [5, 5.41) is 9.44. The van der Waals surface area contributed by atoms with E-state index in [0.29, 0.717) is 12.7 Å². The lowest BCUT2D eigenvalue weighted by molar-refractivity contribution is -0.117. The van der Waals surface area contributed by atoms with Crippen LogP contribution >= 0.6 is 15.9 Å². The standard InChI is InChI=1S/C13H18BBrO2/c1-10(16)7-12(9-14(2)17)8-11-3-5-13(15)6-4-11/h3-6,12,17H,7-9H2,1-2H3/t12-/m0/s1. The maximum Gasteiger partial charge on any atom is 0.286 e. The molecule has 1 aromatic carbocycles. The first-order chi connectivity index (χ1) is 7.97. The van der Waals surface area contributed by atoms with Crippen LogP contribution in [-0.2, 0) is 11.2 Å². The highest BCUT2D eigenvalue weighted by atomic mass is 79.9. The zero-order chi connectivity index (χ0) is 12.8. The molecule has 1 N–H and O–H groups in total. The van der Waals surface area contributed by atoms with Gasteiger partial charge in [0.2, 0.25) is 0 Å². The van der Waals surface area contributed by atoms with Gasteiger partial charge in [0.25, 0.3) is 6.92 Å². The van der Waals surface area contributed by atoms with Crippen molar-refractivity contribution < 1.29 is 9.82 Å². The number of Topliss-reactive ketones (excluding diaryl/α,β-unsaturated/α-hetero) is 1. The quantitative estimate of drug-likeness (QED) is 0.819. The number of benzene rings is 1. The van der Waals surface area contributed by atoms with E-state index in [1.165, 1.54) is 5.56 Å². The highest BCUT2D eigenvalue weighted by molar-refractivity contribution is 9.10. The van der Waals surface area contributed by atoms with Gasteiger partial charge in [-0.15, -0.1) is 0 Å². The minimum atomic E-state index is -0.352. The zero-order valence-corrected chi connectivity index (χ0v) is 11.9. The molecular formula is C13H18BBrO2. The van der Waals surface area contributed by atoms with Crippen LogP contribution in [0.2, 0.25) is 13.1 Å². The highest BCUT2D eigenvalue weighted by Crippen LogP contribution is 2.20. The molecule has 0 aliphatic carbocycles. The van der Waals surface area contributed by atoms with E-state index < -0.39 is 0 Å². The van der Waals surface area contributed by atoms with Crippen LogP contribution < -0.4 is 0 Å². The average Bonchev–Trinajstić information content (AvgIpc) is 2.19. The largest absolute Gasteiger partial charge is 0.451 e. The Kier molecular flexibility index (Phi) is 5.93. The predicted molar refractivity (Wildman–Crippen MR) is 75.3 cm³/mol. The van der Waals surface area contributed by atoms with E-state index in [9.17, 15) is 9.82 Å². The summed E-state index contributed by atoms with van der Waals surface area (Å²) in [5.41, 5.74) is 1.21. The molecule has 4 heteroatoms. The van der Waals surface area contributed by atoms with E-state index in [1.807, 2.05) is 12.1 Å². The Morgan fingerprint density at radius 2 is 2.00 bits per heavy atom. The first-order valence-electron chi connectivity index (χ1n) is 5.89. The van der Waals surface area contributed by atoms with Crippen molar-refractivity contribution in [1.82, 2.24) is 0 Å². The Hall–Kier alpha value is -0.605. The van der Waals surface area contributed by atoms with E-state index in [4.69, 9.17) is 0 Å². The van der Waals surface area contributed by atoms with Crippen LogP contribution in [0.3, 0.4) is 0 Å². The maximum atomic E-state index is 11.2. The number of carbonyl (C=O) groups excluding carboxylic acids is 1. The van der Waals surface area contributed by atoms with E-state index in [1.54, 1.807) is 13.7 Å². The molecule has 0 aliphatic heterocycles. The lowest BCUT2D eigenvalue weighted by Gasteiger charge is -2.16. The molecule has 1 rings (SSSR count). The summed E-state index contributed by atoms with van der Waals surface area (Å²) in [4.78, 5) is 11.2. The first-order valence-corrected chi connectivity index (χ1v) is 6.68. The van der Waals surface area contributed by atoms with Crippen LogP contribution in [0.25, 0.3) is 0 Å². The number of carbonyl (C=O) groups is 1. The van der Waals surface area contributed by atoms with Crippen LogP contribution in [0.4, 0.5) is 0 Å². The SMILES string of the molecule is CB(O)C[C@@H](CC(C)=O)Cc1ccc(Br)cc1. The third-order valence-electron chi connectivity index (χ3n) is 2.69. The van der Waals surface area contributed by atoms with Crippen molar-refractivity contribution in [3.05, 3.63) is 34.3 Å². The third-order valence-corrected chi connectivity index (χ3v) is 3.22. The minimum Gasteiger partial charge on any atom is -0.451 e. The smallest absolute Gasteiger partial charge is 0.286 e. The molecule has 1 aromatic rings. The Bertz CT molecular complexity index is 362. The van der Waals surface area contributed by atoms with Gasteiger partial charge in [-0.3, -0.25) is 0 Å². The second-order valence-corrected chi connectivity index (χ2v) is 5.60. The monoisotopic (exact) mass is 296 g/mol. The first kappa shape index (κ1) is 14.5. The van der Waals surface area contributed by atoms with Crippen LogP contribution in [0, 0.1) is 5.92 Å². The molecule has 0 saturated heterocycles. The summed E-state index contributed by atoms with van der Waals surface area (Å²) in [6, 6.07) is 8.11. The van der Waals surface area contributed by atoms with E-state index >= 15 is 0 Å². The molecule has 2 nitrogen and oxygen atoms in total. The molecule has 0 aromatic heterocycles.